The molecule has 3 heterocycles. The molecule has 0 spiro atoms. The standard InChI is InChI=1S/C25H23FN6O3S2/c1-35-19-7-9-20(10-8-19)37(33,34)29-13-2-12-27-24-28-14-11-21(30-24)23-22(17-3-5-18(26)6-4-17)31-25-32(23)15-16-36-25/h3-11,14-16,29H,2,12-13H2,1H3,(H,27,28,30). The number of rotatable bonds is 10. The van der Waals surface area contributed by atoms with E-state index >= 15 is 0 Å². The van der Waals surface area contributed by atoms with E-state index in [1.807, 2.05) is 16.0 Å². The smallest absolute Gasteiger partial charge is 0.240 e. The van der Waals surface area contributed by atoms with Gasteiger partial charge in [0.1, 0.15) is 17.3 Å². The predicted octanol–water partition coefficient (Wildman–Crippen LogP) is 4.45. The number of benzene rings is 2. The van der Waals surface area contributed by atoms with Crippen molar-refractivity contribution in [3.8, 4) is 28.4 Å². The number of imidazole rings is 1. The molecule has 0 saturated carbocycles. The second-order valence-corrected chi connectivity index (χ2v) is 10.6. The van der Waals surface area contributed by atoms with Crippen molar-refractivity contribution in [2.24, 2.45) is 0 Å². The second kappa shape index (κ2) is 10.6. The largest absolute Gasteiger partial charge is 0.497 e. The molecular weight excluding hydrogens is 515 g/mol. The van der Waals surface area contributed by atoms with Crippen LogP contribution in [0, 0.1) is 5.82 Å². The molecule has 5 rings (SSSR count). The highest BCUT2D eigenvalue weighted by Gasteiger charge is 2.18. The minimum Gasteiger partial charge on any atom is -0.497 e. The third-order valence-corrected chi connectivity index (χ3v) is 7.81. The van der Waals surface area contributed by atoms with E-state index in [2.05, 4.69) is 20.0 Å². The summed E-state index contributed by atoms with van der Waals surface area (Å²) in [5.74, 6) is 0.683. The normalized spacial score (nSPS) is 11.6. The Kier molecular flexibility index (Phi) is 7.12. The Morgan fingerprint density at radius 3 is 2.57 bits per heavy atom. The summed E-state index contributed by atoms with van der Waals surface area (Å²) in [6, 6.07) is 14.2. The third kappa shape index (κ3) is 5.45. The first kappa shape index (κ1) is 24.8. The fourth-order valence-corrected chi connectivity index (χ4v) is 5.54. The van der Waals surface area contributed by atoms with Gasteiger partial charge in [-0.05, 0) is 61.0 Å². The number of hydrogen-bond donors (Lipinski definition) is 2. The van der Waals surface area contributed by atoms with Gasteiger partial charge in [-0.15, -0.1) is 11.3 Å². The monoisotopic (exact) mass is 538 g/mol. The lowest BCUT2D eigenvalue weighted by Gasteiger charge is -2.09. The number of aromatic nitrogens is 4. The molecule has 3 aromatic heterocycles. The van der Waals surface area contributed by atoms with Gasteiger partial charge in [-0.3, -0.25) is 4.40 Å². The summed E-state index contributed by atoms with van der Waals surface area (Å²) in [6.07, 6.45) is 4.09. The zero-order chi connectivity index (χ0) is 25.8. The molecule has 190 valence electrons. The first-order valence-corrected chi connectivity index (χ1v) is 13.7. The molecule has 0 fully saturated rings. The molecule has 0 radical (unpaired) electrons. The summed E-state index contributed by atoms with van der Waals surface area (Å²) < 4.78 is 48.0. The molecule has 0 atom stereocenters. The maximum Gasteiger partial charge on any atom is 0.240 e. The van der Waals surface area contributed by atoms with Crippen molar-refractivity contribution in [2.75, 3.05) is 25.5 Å². The highest BCUT2D eigenvalue weighted by Crippen LogP contribution is 2.33. The van der Waals surface area contributed by atoms with E-state index in [1.54, 1.807) is 36.5 Å². The van der Waals surface area contributed by atoms with Gasteiger partial charge in [-0.2, -0.15) is 0 Å². The highest BCUT2D eigenvalue weighted by atomic mass is 32.2. The van der Waals surface area contributed by atoms with Gasteiger partial charge in [-0.25, -0.2) is 32.5 Å². The fourth-order valence-electron chi connectivity index (χ4n) is 3.75. The lowest BCUT2D eigenvalue weighted by molar-refractivity contribution is 0.414. The summed E-state index contributed by atoms with van der Waals surface area (Å²) in [4.78, 5) is 14.7. The van der Waals surface area contributed by atoms with Gasteiger partial charge < -0.3 is 10.1 Å². The van der Waals surface area contributed by atoms with Crippen molar-refractivity contribution in [1.82, 2.24) is 24.1 Å². The average molecular weight is 539 g/mol. The van der Waals surface area contributed by atoms with Gasteiger partial charge in [0.15, 0.2) is 4.96 Å². The average Bonchev–Trinajstić information content (AvgIpc) is 3.51. The van der Waals surface area contributed by atoms with Gasteiger partial charge in [0.05, 0.1) is 23.4 Å². The third-order valence-electron chi connectivity index (χ3n) is 5.58. The van der Waals surface area contributed by atoms with Gasteiger partial charge in [0.25, 0.3) is 0 Å². The molecule has 0 aliphatic heterocycles. The van der Waals surface area contributed by atoms with Crippen LogP contribution in [-0.4, -0.2) is 48.0 Å². The Hall–Kier alpha value is -3.87. The number of ether oxygens (including phenoxy) is 1. The predicted molar refractivity (Wildman–Crippen MR) is 141 cm³/mol. The zero-order valence-electron chi connectivity index (χ0n) is 19.8. The van der Waals surface area contributed by atoms with E-state index in [-0.39, 0.29) is 17.3 Å². The van der Waals surface area contributed by atoms with Crippen LogP contribution in [0.5, 0.6) is 5.75 Å². The van der Waals surface area contributed by atoms with Crippen LogP contribution in [-0.2, 0) is 10.0 Å². The minimum atomic E-state index is -3.61. The highest BCUT2D eigenvalue weighted by molar-refractivity contribution is 7.89. The number of hydrogen-bond acceptors (Lipinski definition) is 8. The van der Waals surface area contributed by atoms with Crippen molar-refractivity contribution >= 4 is 32.3 Å². The number of nitrogens with one attached hydrogen (secondary N) is 2. The van der Waals surface area contributed by atoms with Crippen LogP contribution < -0.4 is 14.8 Å². The van der Waals surface area contributed by atoms with Crippen LogP contribution in [0.3, 0.4) is 0 Å². The van der Waals surface area contributed by atoms with Gasteiger partial charge in [0.2, 0.25) is 16.0 Å². The Labute approximate surface area is 217 Å². The lowest BCUT2D eigenvalue weighted by Crippen LogP contribution is -2.26. The van der Waals surface area contributed by atoms with Crippen molar-refractivity contribution in [3.05, 3.63) is 78.2 Å². The molecule has 9 nitrogen and oxygen atoms in total. The van der Waals surface area contributed by atoms with Crippen molar-refractivity contribution in [2.45, 2.75) is 11.3 Å². The van der Waals surface area contributed by atoms with Crippen LogP contribution in [0.15, 0.2) is 77.3 Å². The number of sulfonamides is 1. The number of anilines is 1. The summed E-state index contributed by atoms with van der Waals surface area (Å²) in [6.45, 7) is 0.702. The molecule has 0 unspecified atom stereocenters. The quantitative estimate of drug-likeness (QED) is 0.253. The van der Waals surface area contributed by atoms with E-state index in [1.165, 1.54) is 42.7 Å². The van der Waals surface area contributed by atoms with Crippen LogP contribution in [0.25, 0.3) is 27.6 Å². The summed E-state index contributed by atoms with van der Waals surface area (Å²) in [7, 11) is -2.09. The first-order valence-electron chi connectivity index (χ1n) is 11.4. The van der Waals surface area contributed by atoms with Crippen molar-refractivity contribution in [3.63, 3.8) is 0 Å². The van der Waals surface area contributed by atoms with E-state index in [0.717, 1.165) is 16.2 Å². The van der Waals surface area contributed by atoms with E-state index in [4.69, 9.17) is 9.72 Å². The zero-order valence-corrected chi connectivity index (χ0v) is 21.4. The molecule has 5 aromatic rings. The van der Waals surface area contributed by atoms with Crippen LogP contribution >= 0.6 is 11.3 Å². The summed E-state index contributed by atoms with van der Waals surface area (Å²) >= 11 is 1.50. The molecule has 37 heavy (non-hydrogen) atoms. The van der Waals surface area contributed by atoms with Crippen molar-refractivity contribution in [1.29, 1.82) is 0 Å². The Morgan fingerprint density at radius 1 is 1.03 bits per heavy atom. The van der Waals surface area contributed by atoms with E-state index in [9.17, 15) is 12.8 Å². The number of methoxy groups -OCH3 is 1. The Morgan fingerprint density at radius 2 is 1.81 bits per heavy atom. The van der Waals surface area contributed by atoms with Crippen molar-refractivity contribution < 1.29 is 17.5 Å². The Balaban J connectivity index is 1.26. The molecular formula is C25H23FN6O3S2. The summed E-state index contributed by atoms with van der Waals surface area (Å²) in [5, 5.41) is 5.08. The fraction of sp³-hybridized carbons (Fsp3) is 0.160. The van der Waals surface area contributed by atoms with E-state index < -0.39 is 10.0 Å². The maximum atomic E-state index is 13.5. The van der Waals surface area contributed by atoms with Gasteiger partial charge in [-0.1, -0.05) is 0 Å². The number of nitrogens with zero attached hydrogens (tertiary/aromatic N) is 4. The summed E-state index contributed by atoms with van der Waals surface area (Å²) in [5.41, 5.74) is 2.91. The molecule has 0 bridgehead atoms. The topological polar surface area (TPSA) is 111 Å². The number of halogens is 1. The molecule has 0 aliphatic carbocycles. The van der Waals surface area contributed by atoms with Crippen LogP contribution in [0.2, 0.25) is 0 Å². The van der Waals surface area contributed by atoms with Gasteiger partial charge in [0, 0.05) is 36.4 Å². The van der Waals surface area contributed by atoms with Crippen LogP contribution in [0.4, 0.5) is 10.3 Å². The first-order chi connectivity index (χ1) is 17.9. The molecule has 2 N–H and O–H groups in total. The van der Waals surface area contributed by atoms with E-state index in [0.29, 0.717) is 36.1 Å². The number of fused-ring (bicyclic) bond motifs is 1. The van der Waals surface area contributed by atoms with Gasteiger partial charge >= 0.3 is 0 Å². The molecule has 0 aliphatic rings. The SMILES string of the molecule is COc1ccc(S(=O)(=O)NCCCNc2nccc(-c3c(-c4ccc(F)cc4)nc4sccn34)n2)cc1. The molecule has 2 aromatic carbocycles. The second-order valence-electron chi connectivity index (χ2n) is 7.99. The number of thiazole rings is 1. The molecule has 0 amide bonds. The molecule has 0 saturated heterocycles. The minimum absolute atomic E-state index is 0.176. The Bertz CT molecular complexity index is 1620. The maximum absolute atomic E-state index is 13.5. The lowest BCUT2D eigenvalue weighted by atomic mass is 10.1. The van der Waals surface area contributed by atoms with Crippen LogP contribution in [0.1, 0.15) is 6.42 Å². The molecule has 12 heteroatoms.